The fourth-order valence-electron chi connectivity index (χ4n) is 2.45. The molecule has 0 aromatic heterocycles. The van der Waals surface area contributed by atoms with Crippen molar-refractivity contribution in [2.45, 2.75) is 45.8 Å². The monoisotopic (exact) mass is 284 g/mol. The van der Waals surface area contributed by atoms with Crippen molar-refractivity contribution in [3.8, 4) is 5.75 Å². The van der Waals surface area contributed by atoms with Gasteiger partial charge in [-0.05, 0) is 44.4 Å². The Kier molecular flexibility index (Phi) is 4.69. The first kappa shape index (κ1) is 15.6. The van der Waals surface area contributed by atoms with E-state index in [1.54, 1.807) is 0 Å². The van der Waals surface area contributed by atoms with Gasteiger partial charge in [0.1, 0.15) is 11.4 Å². The Morgan fingerprint density at radius 3 is 2.24 bits per heavy atom. The molecule has 1 unspecified atom stereocenters. The van der Waals surface area contributed by atoms with Crippen molar-refractivity contribution in [1.82, 2.24) is 0 Å². The first-order chi connectivity index (χ1) is 9.95. The number of aliphatic hydroxyl groups is 1. The van der Waals surface area contributed by atoms with Gasteiger partial charge in [0.05, 0.1) is 6.10 Å². The molecule has 0 aliphatic heterocycles. The van der Waals surface area contributed by atoms with Crippen molar-refractivity contribution in [1.29, 1.82) is 0 Å². The van der Waals surface area contributed by atoms with Gasteiger partial charge in [0.25, 0.3) is 0 Å². The van der Waals surface area contributed by atoms with Gasteiger partial charge in [0.15, 0.2) is 0 Å². The van der Waals surface area contributed by atoms with Gasteiger partial charge in [-0.2, -0.15) is 0 Å². The Hall–Kier alpha value is -1.80. The number of ether oxygens (including phenoxy) is 1. The van der Waals surface area contributed by atoms with E-state index in [1.165, 1.54) is 5.56 Å². The molecule has 0 heterocycles. The Morgan fingerprint density at radius 1 is 1.05 bits per heavy atom. The van der Waals surface area contributed by atoms with Crippen molar-refractivity contribution < 1.29 is 9.84 Å². The molecular weight excluding hydrogens is 260 g/mol. The first-order valence-corrected chi connectivity index (χ1v) is 7.53. The fraction of sp³-hybridized carbons (Fsp3) is 0.368. The molecule has 0 saturated heterocycles. The predicted molar refractivity (Wildman–Crippen MR) is 86.7 cm³/mol. The van der Waals surface area contributed by atoms with Gasteiger partial charge in [-0.25, -0.2) is 0 Å². The Labute approximate surface area is 127 Å². The highest BCUT2D eigenvalue weighted by atomic mass is 16.5. The number of benzene rings is 2. The fourth-order valence-corrected chi connectivity index (χ4v) is 2.45. The molecule has 21 heavy (non-hydrogen) atoms. The van der Waals surface area contributed by atoms with E-state index in [9.17, 15) is 5.11 Å². The molecule has 0 amide bonds. The van der Waals surface area contributed by atoms with E-state index in [1.807, 2.05) is 57.2 Å². The molecule has 0 fully saturated rings. The van der Waals surface area contributed by atoms with Crippen LogP contribution >= 0.6 is 0 Å². The van der Waals surface area contributed by atoms with E-state index in [0.717, 1.165) is 23.3 Å². The molecule has 2 aromatic rings. The molecule has 2 aromatic carbocycles. The van der Waals surface area contributed by atoms with Crippen LogP contribution in [0.3, 0.4) is 0 Å². The number of hydrogen-bond acceptors (Lipinski definition) is 2. The largest absolute Gasteiger partial charge is 0.491 e. The van der Waals surface area contributed by atoms with Crippen LogP contribution in [0.25, 0.3) is 0 Å². The van der Waals surface area contributed by atoms with Crippen molar-refractivity contribution in [3.05, 3.63) is 65.2 Å². The number of para-hydroxylation sites is 1. The van der Waals surface area contributed by atoms with Gasteiger partial charge in [-0.3, -0.25) is 0 Å². The lowest BCUT2D eigenvalue weighted by molar-refractivity contribution is 0.0958. The molecule has 112 valence electrons. The summed E-state index contributed by atoms with van der Waals surface area (Å²) in [5.41, 5.74) is 1.86. The zero-order valence-corrected chi connectivity index (χ0v) is 13.3. The van der Waals surface area contributed by atoms with Crippen LogP contribution in [0.15, 0.2) is 48.5 Å². The molecular formula is C19H24O2. The van der Waals surface area contributed by atoms with Crippen molar-refractivity contribution in [2.75, 3.05) is 0 Å². The molecule has 0 bridgehead atoms. The zero-order valence-electron chi connectivity index (χ0n) is 13.3. The highest BCUT2D eigenvalue weighted by molar-refractivity contribution is 5.44. The highest BCUT2D eigenvalue weighted by Crippen LogP contribution is 2.35. The van der Waals surface area contributed by atoms with E-state index in [2.05, 4.69) is 19.1 Å². The predicted octanol–water partition coefficient (Wildman–Crippen LogP) is 4.29. The molecule has 0 spiro atoms. The van der Waals surface area contributed by atoms with Crippen LogP contribution in [0, 0.1) is 0 Å². The molecule has 2 nitrogen and oxygen atoms in total. The molecule has 2 rings (SSSR count). The zero-order chi connectivity index (χ0) is 15.5. The molecule has 1 N–H and O–H groups in total. The third-order valence-corrected chi connectivity index (χ3v) is 3.70. The minimum Gasteiger partial charge on any atom is -0.491 e. The summed E-state index contributed by atoms with van der Waals surface area (Å²) in [7, 11) is 0. The van der Waals surface area contributed by atoms with Gasteiger partial charge in [0.2, 0.25) is 0 Å². The Bertz CT molecular complexity index is 583. The lowest BCUT2D eigenvalue weighted by atomic mass is 9.87. The summed E-state index contributed by atoms with van der Waals surface area (Å²) >= 11 is 0. The molecule has 0 saturated carbocycles. The van der Waals surface area contributed by atoms with Crippen molar-refractivity contribution in [3.63, 3.8) is 0 Å². The summed E-state index contributed by atoms with van der Waals surface area (Å²) in [6.45, 7) is 7.92. The molecule has 0 aliphatic carbocycles. The second-order valence-corrected chi connectivity index (χ2v) is 5.79. The van der Waals surface area contributed by atoms with Crippen LogP contribution < -0.4 is 4.74 Å². The molecule has 0 radical (unpaired) electrons. The maximum Gasteiger partial charge on any atom is 0.126 e. The van der Waals surface area contributed by atoms with E-state index in [-0.39, 0.29) is 6.10 Å². The summed E-state index contributed by atoms with van der Waals surface area (Å²) in [6, 6.07) is 15.8. The maximum atomic E-state index is 11.0. The van der Waals surface area contributed by atoms with Gasteiger partial charge in [-0.1, -0.05) is 49.4 Å². The third kappa shape index (κ3) is 3.45. The topological polar surface area (TPSA) is 29.5 Å². The molecule has 0 aliphatic rings. The minimum atomic E-state index is -1.07. The smallest absolute Gasteiger partial charge is 0.126 e. The highest BCUT2D eigenvalue weighted by Gasteiger charge is 2.29. The SMILES string of the molecule is CCc1ccc(C(C)(O)c2ccccc2OC(C)C)cc1. The lowest BCUT2D eigenvalue weighted by Gasteiger charge is -2.27. The number of aryl methyl sites for hydroxylation is 1. The standard InChI is InChI=1S/C19H24O2/c1-5-15-10-12-16(13-11-15)19(4,20)17-8-6-7-9-18(17)21-14(2)3/h6-14,20H,5H2,1-4H3. The van der Waals surface area contributed by atoms with Crippen molar-refractivity contribution >= 4 is 0 Å². The minimum absolute atomic E-state index is 0.0735. The van der Waals surface area contributed by atoms with Crippen LogP contribution in [0.2, 0.25) is 0 Å². The van der Waals surface area contributed by atoms with Crippen LogP contribution in [-0.4, -0.2) is 11.2 Å². The van der Waals surface area contributed by atoms with E-state index in [4.69, 9.17) is 4.74 Å². The lowest BCUT2D eigenvalue weighted by Crippen LogP contribution is -2.24. The summed E-state index contributed by atoms with van der Waals surface area (Å²) in [5.74, 6) is 0.733. The average molecular weight is 284 g/mol. The summed E-state index contributed by atoms with van der Waals surface area (Å²) in [5, 5.41) is 11.0. The van der Waals surface area contributed by atoms with Gasteiger partial charge in [-0.15, -0.1) is 0 Å². The van der Waals surface area contributed by atoms with Crippen LogP contribution in [0.4, 0.5) is 0 Å². The summed E-state index contributed by atoms with van der Waals surface area (Å²) in [6.07, 6.45) is 1.07. The molecule has 1 atom stereocenters. The van der Waals surface area contributed by atoms with Gasteiger partial charge >= 0.3 is 0 Å². The van der Waals surface area contributed by atoms with Crippen LogP contribution in [0.5, 0.6) is 5.75 Å². The second kappa shape index (κ2) is 6.31. The summed E-state index contributed by atoms with van der Waals surface area (Å²) in [4.78, 5) is 0. The average Bonchev–Trinajstić information content (AvgIpc) is 2.47. The Balaban J connectivity index is 2.42. The van der Waals surface area contributed by atoms with E-state index < -0.39 is 5.60 Å². The number of rotatable bonds is 5. The second-order valence-electron chi connectivity index (χ2n) is 5.79. The third-order valence-electron chi connectivity index (χ3n) is 3.70. The summed E-state index contributed by atoms with van der Waals surface area (Å²) < 4.78 is 5.84. The van der Waals surface area contributed by atoms with E-state index in [0.29, 0.717) is 0 Å². The van der Waals surface area contributed by atoms with Gasteiger partial charge in [0, 0.05) is 5.56 Å². The van der Waals surface area contributed by atoms with Crippen LogP contribution in [0.1, 0.15) is 44.4 Å². The quantitative estimate of drug-likeness (QED) is 0.887. The Morgan fingerprint density at radius 2 is 1.67 bits per heavy atom. The van der Waals surface area contributed by atoms with Crippen molar-refractivity contribution in [2.24, 2.45) is 0 Å². The first-order valence-electron chi connectivity index (χ1n) is 7.53. The van der Waals surface area contributed by atoms with Crippen LogP contribution in [-0.2, 0) is 12.0 Å². The van der Waals surface area contributed by atoms with Gasteiger partial charge < -0.3 is 9.84 Å². The van der Waals surface area contributed by atoms with E-state index >= 15 is 0 Å². The molecule has 2 heteroatoms. The number of hydrogen-bond donors (Lipinski definition) is 1. The normalized spacial score (nSPS) is 14.0. The maximum absolute atomic E-state index is 11.0.